The van der Waals surface area contributed by atoms with Crippen molar-refractivity contribution in [3.05, 3.63) is 66.2 Å². The van der Waals surface area contributed by atoms with Gasteiger partial charge in [0.05, 0.1) is 0 Å². The fraction of sp³-hybridized carbons (Fsp3) is 0. The molecule has 0 unspecified atom stereocenters. The van der Waals surface area contributed by atoms with E-state index in [9.17, 15) is 0 Å². The van der Waals surface area contributed by atoms with Crippen LogP contribution >= 0.6 is 11.8 Å². The molecule has 1 aliphatic heterocycles. The van der Waals surface area contributed by atoms with Gasteiger partial charge in [0.2, 0.25) is 0 Å². The zero-order valence-corrected chi connectivity index (χ0v) is 9.05. The van der Waals surface area contributed by atoms with E-state index < -0.39 is 0 Å². The van der Waals surface area contributed by atoms with Crippen LogP contribution in [-0.4, -0.2) is 0 Å². The zero-order chi connectivity index (χ0) is 10.3. The second-order valence-electron chi connectivity index (χ2n) is 3.57. The zero-order valence-electron chi connectivity index (χ0n) is 8.23. The second-order valence-corrected chi connectivity index (χ2v) is 4.66. The van der Waals surface area contributed by atoms with Gasteiger partial charge in [0, 0.05) is 9.79 Å². The first-order chi connectivity index (χ1) is 7.36. The minimum atomic E-state index is 1.14. The van der Waals surface area contributed by atoms with Crippen molar-refractivity contribution < 1.29 is 0 Å². The average Bonchev–Trinajstić information content (AvgIpc) is 2.30. The van der Waals surface area contributed by atoms with Gasteiger partial charge in [-0.1, -0.05) is 54.7 Å². The molecule has 0 saturated carbocycles. The SMILES string of the molecule is C=C1c2ccccc2Sc2ccccc21. The van der Waals surface area contributed by atoms with Gasteiger partial charge < -0.3 is 0 Å². The Bertz CT molecular complexity index is 493. The van der Waals surface area contributed by atoms with Gasteiger partial charge in [-0.3, -0.25) is 0 Å². The van der Waals surface area contributed by atoms with Gasteiger partial charge in [0.1, 0.15) is 0 Å². The van der Waals surface area contributed by atoms with Crippen molar-refractivity contribution in [1.82, 2.24) is 0 Å². The van der Waals surface area contributed by atoms with Crippen LogP contribution in [0.15, 0.2) is 64.9 Å². The highest BCUT2D eigenvalue weighted by Crippen LogP contribution is 2.44. The summed E-state index contributed by atoms with van der Waals surface area (Å²) in [5.74, 6) is 0. The number of rotatable bonds is 0. The molecule has 0 spiro atoms. The lowest BCUT2D eigenvalue weighted by Crippen LogP contribution is -1.96. The lowest BCUT2D eigenvalue weighted by molar-refractivity contribution is 1.29. The number of fused-ring (bicyclic) bond motifs is 2. The Kier molecular flexibility index (Phi) is 1.93. The smallest absolute Gasteiger partial charge is 0.0201 e. The second kappa shape index (κ2) is 3.28. The monoisotopic (exact) mass is 210 g/mol. The molecule has 72 valence electrons. The van der Waals surface area contributed by atoms with E-state index in [0.29, 0.717) is 0 Å². The quantitative estimate of drug-likeness (QED) is 0.535. The lowest BCUT2D eigenvalue weighted by atomic mass is 9.99. The molecule has 0 N–H and O–H groups in total. The molecule has 2 aromatic carbocycles. The van der Waals surface area contributed by atoms with Crippen molar-refractivity contribution in [2.24, 2.45) is 0 Å². The molecule has 0 aliphatic carbocycles. The van der Waals surface area contributed by atoms with E-state index >= 15 is 0 Å². The molecule has 0 fully saturated rings. The van der Waals surface area contributed by atoms with Crippen LogP contribution in [0.1, 0.15) is 11.1 Å². The molecule has 0 bridgehead atoms. The van der Waals surface area contributed by atoms with E-state index in [-0.39, 0.29) is 0 Å². The van der Waals surface area contributed by atoms with Crippen LogP contribution in [0.4, 0.5) is 0 Å². The van der Waals surface area contributed by atoms with Crippen molar-refractivity contribution in [2.45, 2.75) is 9.79 Å². The van der Waals surface area contributed by atoms with E-state index in [2.05, 4.69) is 55.1 Å². The molecule has 0 atom stereocenters. The van der Waals surface area contributed by atoms with E-state index in [1.54, 1.807) is 0 Å². The van der Waals surface area contributed by atoms with Gasteiger partial charge in [-0.15, -0.1) is 0 Å². The summed E-state index contributed by atoms with van der Waals surface area (Å²) in [7, 11) is 0. The Morgan fingerprint density at radius 2 is 1.20 bits per heavy atom. The normalized spacial score (nSPS) is 13.2. The third-order valence-electron chi connectivity index (χ3n) is 2.64. The third kappa shape index (κ3) is 1.31. The highest BCUT2D eigenvalue weighted by atomic mass is 32.2. The molecule has 0 aromatic heterocycles. The van der Waals surface area contributed by atoms with Gasteiger partial charge in [-0.25, -0.2) is 0 Å². The van der Waals surface area contributed by atoms with Crippen molar-refractivity contribution in [3.8, 4) is 0 Å². The first kappa shape index (κ1) is 8.81. The van der Waals surface area contributed by atoms with Gasteiger partial charge in [-0.2, -0.15) is 0 Å². The molecule has 1 aliphatic rings. The molecule has 0 amide bonds. The van der Waals surface area contributed by atoms with Crippen LogP contribution in [0, 0.1) is 0 Å². The number of hydrogen-bond acceptors (Lipinski definition) is 1. The number of benzene rings is 2. The van der Waals surface area contributed by atoms with Crippen LogP contribution in [0.3, 0.4) is 0 Å². The maximum atomic E-state index is 4.18. The fourth-order valence-electron chi connectivity index (χ4n) is 1.87. The summed E-state index contributed by atoms with van der Waals surface area (Å²) >= 11 is 1.83. The van der Waals surface area contributed by atoms with Crippen molar-refractivity contribution in [1.29, 1.82) is 0 Å². The molecular weight excluding hydrogens is 200 g/mol. The third-order valence-corrected chi connectivity index (χ3v) is 3.80. The van der Waals surface area contributed by atoms with Crippen LogP contribution in [0.5, 0.6) is 0 Å². The minimum absolute atomic E-state index is 1.14. The number of hydrogen-bond donors (Lipinski definition) is 0. The van der Waals surface area contributed by atoms with Crippen molar-refractivity contribution in [2.75, 3.05) is 0 Å². The average molecular weight is 210 g/mol. The van der Waals surface area contributed by atoms with E-state index in [0.717, 1.165) is 5.57 Å². The van der Waals surface area contributed by atoms with E-state index in [4.69, 9.17) is 0 Å². The summed E-state index contributed by atoms with van der Waals surface area (Å²) in [6.45, 7) is 4.18. The first-order valence-corrected chi connectivity index (χ1v) is 5.73. The largest absolute Gasteiger partial charge is 0.0905 e. The van der Waals surface area contributed by atoms with Crippen LogP contribution < -0.4 is 0 Å². The summed E-state index contributed by atoms with van der Waals surface area (Å²) in [5, 5.41) is 0. The van der Waals surface area contributed by atoms with Gasteiger partial charge in [0.25, 0.3) is 0 Å². The summed E-state index contributed by atoms with van der Waals surface area (Å²) in [4.78, 5) is 2.61. The highest BCUT2D eigenvalue weighted by Gasteiger charge is 2.17. The Hall–Kier alpha value is -1.47. The van der Waals surface area contributed by atoms with Gasteiger partial charge in [-0.05, 0) is 28.8 Å². The van der Waals surface area contributed by atoms with E-state index in [1.165, 1.54) is 20.9 Å². The lowest BCUT2D eigenvalue weighted by Gasteiger charge is -2.20. The molecule has 0 radical (unpaired) electrons. The Morgan fingerprint density at radius 1 is 0.733 bits per heavy atom. The molecule has 3 rings (SSSR count). The Labute approximate surface area is 93.6 Å². The molecule has 1 heterocycles. The standard InChI is InChI=1S/C14H10S/c1-10-11-6-2-4-8-13(11)15-14-9-5-3-7-12(10)14/h2-9H,1H2. The summed E-state index contributed by atoms with van der Waals surface area (Å²) < 4.78 is 0. The Balaban J connectivity index is 2.24. The molecule has 15 heavy (non-hydrogen) atoms. The molecule has 0 nitrogen and oxygen atoms in total. The molecular formula is C14H10S. The fourth-order valence-corrected chi connectivity index (χ4v) is 3.01. The molecule has 0 saturated heterocycles. The first-order valence-electron chi connectivity index (χ1n) is 4.92. The molecule has 1 heteroatoms. The molecule has 2 aromatic rings. The van der Waals surface area contributed by atoms with Crippen molar-refractivity contribution >= 4 is 17.3 Å². The predicted molar refractivity (Wildman–Crippen MR) is 65.1 cm³/mol. The van der Waals surface area contributed by atoms with Crippen LogP contribution in [0.25, 0.3) is 5.57 Å². The van der Waals surface area contributed by atoms with Crippen LogP contribution in [0.2, 0.25) is 0 Å². The topological polar surface area (TPSA) is 0 Å². The van der Waals surface area contributed by atoms with E-state index in [1.807, 2.05) is 11.8 Å². The maximum Gasteiger partial charge on any atom is 0.0201 e. The summed E-state index contributed by atoms with van der Waals surface area (Å²) in [6, 6.07) is 16.9. The summed E-state index contributed by atoms with van der Waals surface area (Å²) in [6.07, 6.45) is 0. The predicted octanol–water partition coefficient (Wildman–Crippen LogP) is 4.21. The van der Waals surface area contributed by atoms with Gasteiger partial charge in [0.15, 0.2) is 0 Å². The maximum absolute atomic E-state index is 4.18. The van der Waals surface area contributed by atoms with Crippen LogP contribution in [-0.2, 0) is 0 Å². The Morgan fingerprint density at radius 3 is 1.73 bits per heavy atom. The highest BCUT2D eigenvalue weighted by molar-refractivity contribution is 7.99. The summed E-state index contributed by atoms with van der Waals surface area (Å²) in [5.41, 5.74) is 3.67. The minimum Gasteiger partial charge on any atom is -0.0905 e. The van der Waals surface area contributed by atoms with Gasteiger partial charge >= 0.3 is 0 Å². The van der Waals surface area contributed by atoms with Crippen molar-refractivity contribution in [3.63, 3.8) is 0 Å².